The highest BCUT2D eigenvalue weighted by Gasteiger charge is 2.31. The summed E-state index contributed by atoms with van der Waals surface area (Å²) < 4.78 is 5.56. The second-order valence-electron chi connectivity index (χ2n) is 7.12. The van der Waals surface area contributed by atoms with Crippen molar-refractivity contribution in [1.29, 1.82) is 0 Å². The van der Waals surface area contributed by atoms with Gasteiger partial charge in [0, 0.05) is 40.7 Å². The number of rotatable bonds is 1. The Morgan fingerprint density at radius 1 is 1.27 bits per heavy atom. The normalized spacial score (nSPS) is 15.0. The van der Waals surface area contributed by atoms with E-state index in [4.69, 9.17) is 4.74 Å². The van der Waals surface area contributed by atoms with E-state index >= 15 is 0 Å². The van der Waals surface area contributed by atoms with Gasteiger partial charge in [0.15, 0.2) is 0 Å². The van der Waals surface area contributed by atoms with Crippen LogP contribution in [0.2, 0.25) is 0 Å². The van der Waals surface area contributed by atoms with E-state index in [-0.39, 0.29) is 11.3 Å². The summed E-state index contributed by atoms with van der Waals surface area (Å²) in [6, 6.07) is 4.05. The van der Waals surface area contributed by atoms with Gasteiger partial charge in [0.2, 0.25) is 5.91 Å². The van der Waals surface area contributed by atoms with Crippen LogP contribution in [0.15, 0.2) is 12.1 Å². The molecule has 2 heterocycles. The third-order valence-electron chi connectivity index (χ3n) is 4.48. The monoisotopic (exact) mass is 300 g/mol. The van der Waals surface area contributed by atoms with Gasteiger partial charge in [0.25, 0.3) is 0 Å². The summed E-state index contributed by atoms with van der Waals surface area (Å²) in [6.07, 6.45) is 0.883. The van der Waals surface area contributed by atoms with Gasteiger partial charge in [-0.15, -0.1) is 0 Å². The first-order valence-corrected chi connectivity index (χ1v) is 7.79. The summed E-state index contributed by atoms with van der Waals surface area (Å²) in [5.41, 5.74) is 4.39. The molecule has 1 aliphatic rings. The summed E-state index contributed by atoms with van der Waals surface area (Å²) in [7, 11) is 1.69. The highest BCUT2D eigenvalue weighted by atomic mass is 16.5. The topological polar surface area (TPSA) is 45.3 Å². The predicted molar refractivity (Wildman–Crippen MR) is 88.2 cm³/mol. The molecule has 22 heavy (non-hydrogen) atoms. The molecule has 3 rings (SSSR count). The third kappa shape index (κ3) is 2.27. The van der Waals surface area contributed by atoms with Crippen molar-refractivity contribution in [2.75, 3.05) is 13.7 Å². The molecule has 0 saturated heterocycles. The molecule has 0 saturated carbocycles. The fourth-order valence-electron chi connectivity index (χ4n) is 3.37. The van der Waals surface area contributed by atoms with E-state index in [1.54, 1.807) is 7.11 Å². The lowest BCUT2D eigenvalue weighted by Crippen LogP contribution is -2.39. The van der Waals surface area contributed by atoms with Gasteiger partial charge in [-0.25, -0.2) is 0 Å². The van der Waals surface area contributed by atoms with Gasteiger partial charge in [0.05, 0.1) is 7.11 Å². The maximum absolute atomic E-state index is 12.7. The number of benzene rings is 1. The molecule has 0 aliphatic carbocycles. The van der Waals surface area contributed by atoms with Crippen LogP contribution in [-0.2, 0) is 17.8 Å². The third-order valence-corrected chi connectivity index (χ3v) is 4.48. The van der Waals surface area contributed by atoms with Gasteiger partial charge < -0.3 is 14.6 Å². The number of hydrogen-bond acceptors (Lipinski definition) is 2. The molecule has 1 aromatic heterocycles. The Hall–Kier alpha value is -1.97. The van der Waals surface area contributed by atoms with Crippen molar-refractivity contribution in [2.24, 2.45) is 5.41 Å². The Morgan fingerprint density at radius 2 is 2.00 bits per heavy atom. The van der Waals surface area contributed by atoms with Crippen molar-refractivity contribution >= 4 is 16.8 Å². The Balaban J connectivity index is 2.13. The molecule has 0 fully saturated rings. The lowest BCUT2D eigenvalue weighted by Gasteiger charge is -2.29. The largest absolute Gasteiger partial charge is 0.496 e. The molecule has 0 radical (unpaired) electrons. The number of nitrogens with one attached hydrogen (secondary N) is 1. The Bertz CT molecular complexity index is 738. The van der Waals surface area contributed by atoms with E-state index < -0.39 is 0 Å². The molecule has 1 N–H and O–H groups in total. The first-order chi connectivity index (χ1) is 10.3. The molecular weight excluding hydrogens is 276 g/mol. The Kier molecular flexibility index (Phi) is 3.42. The second kappa shape index (κ2) is 5.04. The Morgan fingerprint density at radius 3 is 2.64 bits per heavy atom. The fraction of sp³-hybridized carbons (Fsp3) is 0.500. The number of hydrogen-bond donors (Lipinski definition) is 1. The minimum atomic E-state index is -0.364. The maximum Gasteiger partial charge on any atom is 0.228 e. The molecule has 0 unspecified atom stereocenters. The lowest BCUT2D eigenvalue weighted by atomic mass is 9.94. The number of ether oxygens (including phenoxy) is 1. The zero-order chi connectivity index (χ0) is 16.1. The number of amides is 1. The standard InChI is InChI=1S/C18H24N2O2/c1-11-12-8-9-20(17(21)18(2,3)4)10-13-15(22-5)7-6-14(19-11)16(12)13/h6-7,19H,8-10H2,1-5H3. The van der Waals surface area contributed by atoms with Crippen molar-refractivity contribution in [3.05, 3.63) is 29.0 Å². The number of aromatic amines is 1. The van der Waals surface area contributed by atoms with Crippen molar-refractivity contribution in [2.45, 2.75) is 40.7 Å². The SMILES string of the molecule is COc1ccc2[nH]c(C)c3c2c1CN(C(=O)C(C)(C)C)CC3. The quantitative estimate of drug-likeness (QED) is 0.877. The first-order valence-electron chi connectivity index (χ1n) is 7.79. The Labute approximate surface area is 131 Å². The van der Waals surface area contributed by atoms with Crippen LogP contribution in [0.5, 0.6) is 5.75 Å². The number of carbonyl (C=O) groups is 1. The average Bonchev–Trinajstić information content (AvgIpc) is 2.65. The highest BCUT2D eigenvalue weighted by Crippen LogP contribution is 2.36. The van der Waals surface area contributed by atoms with Crippen molar-refractivity contribution in [3.63, 3.8) is 0 Å². The van der Waals surface area contributed by atoms with Crippen molar-refractivity contribution < 1.29 is 9.53 Å². The molecule has 1 amide bonds. The zero-order valence-electron chi connectivity index (χ0n) is 14.0. The minimum absolute atomic E-state index is 0.193. The van der Waals surface area contributed by atoms with Crippen LogP contribution in [-0.4, -0.2) is 29.4 Å². The van der Waals surface area contributed by atoms with E-state index in [1.165, 1.54) is 16.6 Å². The second-order valence-corrected chi connectivity index (χ2v) is 7.12. The molecule has 2 aromatic rings. The summed E-state index contributed by atoms with van der Waals surface area (Å²) >= 11 is 0. The molecule has 0 atom stereocenters. The highest BCUT2D eigenvalue weighted by molar-refractivity contribution is 5.91. The van der Waals surface area contributed by atoms with Gasteiger partial charge in [-0.1, -0.05) is 20.8 Å². The van der Waals surface area contributed by atoms with Crippen LogP contribution in [0.1, 0.15) is 37.6 Å². The van der Waals surface area contributed by atoms with Crippen LogP contribution in [0.3, 0.4) is 0 Å². The summed E-state index contributed by atoms with van der Waals surface area (Å²) in [5, 5.41) is 1.24. The molecule has 1 aromatic carbocycles. The number of nitrogens with zero attached hydrogens (tertiary/aromatic N) is 1. The summed E-state index contributed by atoms with van der Waals surface area (Å²) in [6.45, 7) is 9.40. The fourth-order valence-corrected chi connectivity index (χ4v) is 3.37. The van der Waals surface area contributed by atoms with E-state index in [0.29, 0.717) is 6.54 Å². The van der Waals surface area contributed by atoms with Crippen LogP contribution >= 0.6 is 0 Å². The van der Waals surface area contributed by atoms with E-state index in [9.17, 15) is 4.79 Å². The van der Waals surface area contributed by atoms with E-state index in [0.717, 1.165) is 29.8 Å². The lowest BCUT2D eigenvalue weighted by molar-refractivity contribution is -0.140. The summed E-state index contributed by atoms with van der Waals surface area (Å²) in [5.74, 6) is 1.06. The van der Waals surface area contributed by atoms with Gasteiger partial charge in [-0.2, -0.15) is 0 Å². The van der Waals surface area contributed by atoms with Crippen LogP contribution in [0.25, 0.3) is 10.9 Å². The van der Waals surface area contributed by atoms with Crippen LogP contribution in [0, 0.1) is 12.3 Å². The molecule has 1 aliphatic heterocycles. The van der Waals surface area contributed by atoms with Gasteiger partial charge >= 0.3 is 0 Å². The minimum Gasteiger partial charge on any atom is -0.496 e. The molecule has 4 nitrogen and oxygen atoms in total. The maximum atomic E-state index is 12.7. The number of H-pyrrole nitrogens is 1. The number of methoxy groups -OCH3 is 1. The number of carbonyl (C=O) groups excluding carboxylic acids is 1. The molecular formula is C18H24N2O2. The predicted octanol–water partition coefficient (Wildman–Crippen LogP) is 3.42. The molecule has 4 heteroatoms. The van der Waals surface area contributed by atoms with E-state index in [1.807, 2.05) is 31.7 Å². The van der Waals surface area contributed by atoms with Gasteiger partial charge in [-0.3, -0.25) is 4.79 Å². The first kappa shape index (κ1) is 14.9. The molecule has 0 spiro atoms. The van der Waals surface area contributed by atoms with E-state index in [2.05, 4.69) is 18.0 Å². The van der Waals surface area contributed by atoms with Crippen molar-refractivity contribution in [1.82, 2.24) is 9.88 Å². The van der Waals surface area contributed by atoms with Crippen LogP contribution < -0.4 is 4.74 Å². The van der Waals surface area contributed by atoms with Gasteiger partial charge in [0.1, 0.15) is 5.75 Å². The van der Waals surface area contributed by atoms with Crippen LogP contribution in [0.4, 0.5) is 0 Å². The van der Waals surface area contributed by atoms with Gasteiger partial charge in [-0.05, 0) is 31.0 Å². The molecule has 118 valence electrons. The smallest absolute Gasteiger partial charge is 0.228 e. The zero-order valence-corrected chi connectivity index (χ0v) is 14.0. The average molecular weight is 300 g/mol. The number of aryl methyl sites for hydroxylation is 1. The van der Waals surface area contributed by atoms with Crippen molar-refractivity contribution in [3.8, 4) is 5.75 Å². The number of aromatic nitrogens is 1. The molecule has 0 bridgehead atoms. The summed E-state index contributed by atoms with van der Waals surface area (Å²) in [4.78, 5) is 18.1.